The number of fused-ring (bicyclic) bond motifs is 1. The van der Waals surface area contributed by atoms with E-state index < -0.39 is 23.3 Å². The second-order valence-electron chi connectivity index (χ2n) is 7.77. The molecule has 0 aromatic heterocycles. The molecule has 2 aromatic rings. The van der Waals surface area contributed by atoms with Gasteiger partial charge in [-0.1, -0.05) is 11.6 Å². The van der Waals surface area contributed by atoms with Crippen LogP contribution in [0.25, 0.3) is 0 Å². The van der Waals surface area contributed by atoms with Gasteiger partial charge >= 0.3 is 0 Å². The van der Waals surface area contributed by atoms with Crippen LogP contribution in [0, 0.1) is 11.6 Å². The largest absolute Gasteiger partial charge is 0.490 e. The molecule has 10 heteroatoms. The van der Waals surface area contributed by atoms with Crippen LogP contribution in [0.3, 0.4) is 0 Å². The van der Waals surface area contributed by atoms with E-state index in [0.29, 0.717) is 22.2 Å². The molecule has 166 valence electrons. The average Bonchev–Trinajstić information content (AvgIpc) is 2.70. The number of hydrogen-bond acceptors (Lipinski definition) is 5. The lowest BCUT2D eigenvalue weighted by molar-refractivity contribution is -0.116. The van der Waals surface area contributed by atoms with E-state index in [1.165, 1.54) is 18.2 Å². The molecule has 0 saturated carbocycles. The predicted molar refractivity (Wildman–Crippen MR) is 116 cm³/mol. The second kappa shape index (κ2) is 8.54. The highest BCUT2D eigenvalue weighted by Crippen LogP contribution is 2.37. The Balaban J connectivity index is 1.48. The molecule has 4 rings (SSSR count). The molecule has 0 aliphatic carbocycles. The molecule has 31 heavy (non-hydrogen) atoms. The van der Waals surface area contributed by atoms with Crippen LogP contribution in [-0.2, 0) is 11.2 Å². The highest BCUT2D eigenvalue weighted by atomic mass is 79.9. The van der Waals surface area contributed by atoms with Gasteiger partial charge < -0.3 is 25.2 Å². The third kappa shape index (κ3) is 4.37. The van der Waals surface area contributed by atoms with Crippen molar-refractivity contribution >= 4 is 44.8 Å². The SMILES string of the molecule is O=C1CCc2c(OCC3(O)CCN(c4c(F)cc(Cl)cc4Br)CC3O)ccc(F)c2N1. The summed E-state index contributed by atoms with van der Waals surface area (Å²) in [6.45, 7) is 0.0124. The first-order chi connectivity index (χ1) is 14.7. The Bertz CT molecular complexity index is 1020. The van der Waals surface area contributed by atoms with Gasteiger partial charge in [-0.15, -0.1) is 0 Å². The number of piperidine rings is 1. The Labute approximate surface area is 190 Å². The van der Waals surface area contributed by atoms with Crippen LogP contribution in [0.4, 0.5) is 20.2 Å². The zero-order valence-electron chi connectivity index (χ0n) is 16.3. The summed E-state index contributed by atoms with van der Waals surface area (Å²) in [4.78, 5) is 13.2. The van der Waals surface area contributed by atoms with E-state index in [4.69, 9.17) is 16.3 Å². The van der Waals surface area contributed by atoms with Crippen molar-refractivity contribution in [3.8, 4) is 5.75 Å². The molecule has 2 aliphatic rings. The monoisotopic (exact) mass is 516 g/mol. The van der Waals surface area contributed by atoms with Crippen molar-refractivity contribution in [2.24, 2.45) is 0 Å². The van der Waals surface area contributed by atoms with Gasteiger partial charge in [0.25, 0.3) is 0 Å². The van der Waals surface area contributed by atoms with Gasteiger partial charge in [0, 0.05) is 34.6 Å². The van der Waals surface area contributed by atoms with Gasteiger partial charge in [-0.25, -0.2) is 8.78 Å². The van der Waals surface area contributed by atoms with Gasteiger partial charge in [0.1, 0.15) is 35.7 Å². The lowest BCUT2D eigenvalue weighted by Gasteiger charge is -2.43. The summed E-state index contributed by atoms with van der Waals surface area (Å²) in [5.74, 6) is -1.03. The molecule has 2 heterocycles. The fourth-order valence-corrected chi connectivity index (χ4v) is 4.96. The lowest BCUT2D eigenvalue weighted by atomic mass is 9.89. The number of benzene rings is 2. The van der Waals surface area contributed by atoms with Crippen molar-refractivity contribution in [1.82, 2.24) is 0 Å². The number of anilines is 2. The Hall–Kier alpha value is -1.94. The van der Waals surface area contributed by atoms with Crippen molar-refractivity contribution in [2.45, 2.75) is 31.0 Å². The number of hydrogen-bond donors (Lipinski definition) is 3. The first-order valence-electron chi connectivity index (χ1n) is 9.72. The summed E-state index contributed by atoms with van der Waals surface area (Å²) in [5, 5.41) is 24.4. The number of ether oxygens (including phenoxy) is 1. The van der Waals surface area contributed by atoms with Crippen LogP contribution >= 0.6 is 27.5 Å². The van der Waals surface area contributed by atoms with Crippen LogP contribution in [-0.4, -0.2) is 47.5 Å². The molecule has 1 saturated heterocycles. The summed E-state index contributed by atoms with van der Waals surface area (Å²) in [5.41, 5.74) is -0.721. The third-order valence-corrected chi connectivity index (χ3v) is 6.51. The fourth-order valence-electron chi connectivity index (χ4n) is 3.94. The van der Waals surface area contributed by atoms with E-state index >= 15 is 0 Å². The van der Waals surface area contributed by atoms with Gasteiger partial charge in [0.05, 0.1) is 11.4 Å². The molecule has 3 N–H and O–H groups in total. The molecule has 1 amide bonds. The molecule has 0 bridgehead atoms. The Kier molecular flexibility index (Phi) is 6.13. The maximum Gasteiger partial charge on any atom is 0.224 e. The van der Waals surface area contributed by atoms with E-state index in [1.807, 2.05) is 0 Å². The topological polar surface area (TPSA) is 82.0 Å². The predicted octanol–water partition coefficient (Wildman–Crippen LogP) is 3.65. The summed E-state index contributed by atoms with van der Waals surface area (Å²) in [7, 11) is 0. The number of rotatable bonds is 4. The van der Waals surface area contributed by atoms with Crippen molar-refractivity contribution < 1.29 is 28.5 Å². The smallest absolute Gasteiger partial charge is 0.224 e. The molecule has 6 nitrogen and oxygen atoms in total. The van der Waals surface area contributed by atoms with Gasteiger partial charge in [0.15, 0.2) is 0 Å². The van der Waals surface area contributed by atoms with Gasteiger partial charge in [-0.3, -0.25) is 4.79 Å². The molecule has 2 atom stereocenters. The first kappa shape index (κ1) is 22.3. The van der Waals surface area contributed by atoms with E-state index in [1.54, 1.807) is 11.0 Å². The average molecular weight is 518 g/mol. The van der Waals surface area contributed by atoms with Crippen molar-refractivity contribution in [3.63, 3.8) is 0 Å². The quantitative estimate of drug-likeness (QED) is 0.577. The number of aliphatic hydroxyl groups excluding tert-OH is 1. The second-order valence-corrected chi connectivity index (χ2v) is 9.06. The van der Waals surface area contributed by atoms with Gasteiger partial charge in [0.2, 0.25) is 5.91 Å². The molecule has 2 aromatic carbocycles. The minimum absolute atomic E-state index is 0.0193. The van der Waals surface area contributed by atoms with Crippen LogP contribution in [0.15, 0.2) is 28.7 Å². The lowest BCUT2D eigenvalue weighted by Crippen LogP contribution is -2.58. The van der Waals surface area contributed by atoms with E-state index in [2.05, 4.69) is 21.2 Å². The van der Waals surface area contributed by atoms with Crippen LogP contribution in [0.5, 0.6) is 5.75 Å². The minimum atomic E-state index is -1.58. The molecular weight excluding hydrogens is 498 g/mol. The van der Waals surface area contributed by atoms with Gasteiger partial charge in [-0.2, -0.15) is 0 Å². The van der Waals surface area contributed by atoms with Crippen molar-refractivity contribution in [1.29, 1.82) is 0 Å². The van der Waals surface area contributed by atoms with E-state index in [0.717, 1.165) is 0 Å². The maximum absolute atomic E-state index is 14.4. The van der Waals surface area contributed by atoms with Crippen molar-refractivity contribution in [3.05, 3.63) is 51.0 Å². The third-order valence-electron chi connectivity index (χ3n) is 5.69. The van der Waals surface area contributed by atoms with E-state index in [-0.39, 0.29) is 54.8 Å². The number of carbonyl (C=O) groups excluding carboxylic acids is 1. The zero-order valence-corrected chi connectivity index (χ0v) is 18.6. The molecule has 0 radical (unpaired) electrons. The maximum atomic E-state index is 14.4. The molecule has 0 spiro atoms. The van der Waals surface area contributed by atoms with Gasteiger partial charge in [-0.05, 0) is 53.0 Å². The summed E-state index contributed by atoms with van der Waals surface area (Å²) < 4.78 is 34.7. The summed E-state index contributed by atoms with van der Waals surface area (Å²) in [6.07, 6.45) is -0.592. The minimum Gasteiger partial charge on any atom is -0.490 e. The highest BCUT2D eigenvalue weighted by Gasteiger charge is 2.42. The number of nitrogens with one attached hydrogen (secondary N) is 1. The summed E-state index contributed by atoms with van der Waals surface area (Å²) >= 11 is 9.15. The number of carbonyl (C=O) groups is 1. The van der Waals surface area contributed by atoms with Crippen LogP contribution in [0.1, 0.15) is 18.4 Å². The van der Waals surface area contributed by atoms with Crippen LogP contribution in [0.2, 0.25) is 5.02 Å². The standard InChI is InChI=1S/C21H20BrClF2N2O4/c22-13-7-11(23)8-15(25)20(13)27-6-5-21(30,17(28)9-27)10-31-16-3-2-14(24)19-12(16)1-4-18(29)26-19/h2-3,7-8,17,28,30H,1,4-6,9-10H2,(H,26,29). The highest BCUT2D eigenvalue weighted by molar-refractivity contribution is 9.10. The Morgan fingerprint density at radius 3 is 2.77 bits per heavy atom. The first-order valence-corrected chi connectivity index (χ1v) is 10.9. The number of halogens is 4. The van der Waals surface area contributed by atoms with E-state index in [9.17, 15) is 23.8 Å². The normalized spacial score (nSPS) is 23.4. The number of amides is 1. The Morgan fingerprint density at radius 2 is 2.06 bits per heavy atom. The molecule has 1 fully saturated rings. The Morgan fingerprint density at radius 1 is 1.29 bits per heavy atom. The molecular formula is C21H20BrClF2N2O4. The van der Waals surface area contributed by atoms with Crippen molar-refractivity contribution in [2.75, 3.05) is 29.9 Å². The summed E-state index contributed by atoms with van der Waals surface area (Å²) in [6, 6.07) is 5.38. The molecule has 2 unspecified atom stereocenters. The number of β-amino-alcohol motifs (C(OH)–C–C–N with tert-alkyl or cyclic N) is 1. The zero-order chi connectivity index (χ0) is 22.3. The van der Waals surface area contributed by atoms with Crippen LogP contribution < -0.4 is 15.0 Å². The fraction of sp³-hybridized carbons (Fsp3) is 0.381. The number of nitrogens with zero attached hydrogens (tertiary/aromatic N) is 1. The number of aliphatic hydroxyl groups is 2. The molecule has 2 aliphatic heterocycles.